The first kappa shape index (κ1) is 13.0. The van der Waals surface area contributed by atoms with Gasteiger partial charge in [-0.05, 0) is 25.2 Å². The molecule has 0 radical (unpaired) electrons. The molecular formula is C12H22BrNO. The zero-order valence-electron chi connectivity index (χ0n) is 9.67. The molecule has 0 spiro atoms. The Morgan fingerprint density at radius 3 is 2.93 bits per heavy atom. The Balaban J connectivity index is 2.25. The van der Waals surface area contributed by atoms with Crippen molar-refractivity contribution in [2.75, 3.05) is 18.4 Å². The molecule has 0 bridgehead atoms. The third-order valence-electron chi connectivity index (χ3n) is 3.08. The zero-order valence-corrected chi connectivity index (χ0v) is 11.3. The minimum atomic E-state index is 0.370. The Bertz CT molecular complexity index is 196. The summed E-state index contributed by atoms with van der Waals surface area (Å²) in [5.41, 5.74) is 0. The highest BCUT2D eigenvalue weighted by Gasteiger charge is 2.22. The molecule has 15 heavy (non-hydrogen) atoms. The highest BCUT2D eigenvalue weighted by molar-refractivity contribution is 9.09. The molecule has 0 saturated carbocycles. The molecule has 1 aliphatic rings. The van der Waals surface area contributed by atoms with Gasteiger partial charge in [-0.15, -0.1) is 0 Å². The molecule has 88 valence electrons. The molecule has 1 heterocycles. The third-order valence-corrected chi connectivity index (χ3v) is 4.00. The predicted octanol–water partition coefficient (Wildman–Crippen LogP) is 3.20. The SMILES string of the molecule is CCCCCC(=O)N1CCCC(CBr)C1. The van der Waals surface area contributed by atoms with Gasteiger partial charge in [0.1, 0.15) is 0 Å². The molecular weight excluding hydrogens is 254 g/mol. The monoisotopic (exact) mass is 275 g/mol. The number of carbonyl (C=O) groups is 1. The van der Waals surface area contributed by atoms with E-state index in [4.69, 9.17) is 0 Å². The lowest BCUT2D eigenvalue weighted by Gasteiger charge is -2.32. The zero-order chi connectivity index (χ0) is 11.1. The van der Waals surface area contributed by atoms with Crippen molar-refractivity contribution >= 4 is 21.8 Å². The van der Waals surface area contributed by atoms with Crippen molar-refractivity contribution in [3.63, 3.8) is 0 Å². The third kappa shape index (κ3) is 4.54. The number of unbranched alkanes of at least 4 members (excludes halogenated alkanes) is 2. The molecule has 1 rings (SSSR count). The highest BCUT2D eigenvalue weighted by Crippen LogP contribution is 2.19. The van der Waals surface area contributed by atoms with Crippen molar-refractivity contribution in [2.24, 2.45) is 5.92 Å². The summed E-state index contributed by atoms with van der Waals surface area (Å²) in [5, 5.41) is 1.03. The van der Waals surface area contributed by atoms with Gasteiger partial charge in [0, 0.05) is 24.8 Å². The Hall–Kier alpha value is -0.0500. The lowest BCUT2D eigenvalue weighted by atomic mass is 10.00. The van der Waals surface area contributed by atoms with E-state index in [2.05, 4.69) is 27.8 Å². The first-order valence-electron chi connectivity index (χ1n) is 6.11. The van der Waals surface area contributed by atoms with Gasteiger partial charge in [0.2, 0.25) is 5.91 Å². The van der Waals surface area contributed by atoms with Crippen LogP contribution in [0.5, 0.6) is 0 Å². The van der Waals surface area contributed by atoms with Crippen molar-refractivity contribution in [1.29, 1.82) is 0 Å². The van der Waals surface area contributed by atoms with Crippen LogP contribution in [0.3, 0.4) is 0 Å². The van der Waals surface area contributed by atoms with E-state index < -0.39 is 0 Å². The molecule has 2 nitrogen and oxygen atoms in total. The predicted molar refractivity (Wildman–Crippen MR) is 67.2 cm³/mol. The number of carbonyl (C=O) groups excluding carboxylic acids is 1. The van der Waals surface area contributed by atoms with Crippen molar-refractivity contribution in [3.8, 4) is 0 Å². The van der Waals surface area contributed by atoms with Gasteiger partial charge in [-0.2, -0.15) is 0 Å². The number of halogens is 1. The van der Waals surface area contributed by atoms with Crippen LogP contribution in [0.2, 0.25) is 0 Å². The summed E-state index contributed by atoms with van der Waals surface area (Å²) < 4.78 is 0. The molecule has 1 aliphatic heterocycles. The van der Waals surface area contributed by atoms with Crippen molar-refractivity contribution in [1.82, 2.24) is 4.90 Å². The minimum absolute atomic E-state index is 0.370. The van der Waals surface area contributed by atoms with Gasteiger partial charge in [0.05, 0.1) is 0 Å². The van der Waals surface area contributed by atoms with Crippen LogP contribution < -0.4 is 0 Å². The van der Waals surface area contributed by atoms with E-state index in [0.29, 0.717) is 11.8 Å². The molecule has 3 heteroatoms. The van der Waals surface area contributed by atoms with Crippen LogP contribution in [0.1, 0.15) is 45.4 Å². The summed E-state index contributed by atoms with van der Waals surface area (Å²) >= 11 is 3.51. The number of nitrogens with zero attached hydrogens (tertiary/aromatic N) is 1. The smallest absolute Gasteiger partial charge is 0.222 e. The Morgan fingerprint density at radius 1 is 1.47 bits per heavy atom. The fraction of sp³-hybridized carbons (Fsp3) is 0.917. The van der Waals surface area contributed by atoms with Gasteiger partial charge in [0.15, 0.2) is 0 Å². The Morgan fingerprint density at radius 2 is 2.27 bits per heavy atom. The van der Waals surface area contributed by atoms with E-state index in [0.717, 1.165) is 31.3 Å². The molecule has 0 aromatic heterocycles. The summed E-state index contributed by atoms with van der Waals surface area (Å²) in [5.74, 6) is 1.04. The number of likely N-dealkylation sites (tertiary alicyclic amines) is 1. The first-order chi connectivity index (χ1) is 7.27. The molecule has 1 atom stereocenters. The number of alkyl halides is 1. The van der Waals surface area contributed by atoms with Gasteiger partial charge in [-0.1, -0.05) is 35.7 Å². The second kappa shape index (κ2) is 7.26. The van der Waals surface area contributed by atoms with Crippen LogP contribution in [0.15, 0.2) is 0 Å². The van der Waals surface area contributed by atoms with E-state index >= 15 is 0 Å². The van der Waals surface area contributed by atoms with Gasteiger partial charge >= 0.3 is 0 Å². The second-order valence-electron chi connectivity index (χ2n) is 4.46. The maximum Gasteiger partial charge on any atom is 0.222 e. The van der Waals surface area contributed by atoms with Crippen molar-refractivity contribution in [2.45, 2.75) is 45.4 Å². The Labute approximate surface area is 102 Å². The van der Waals surface area contributed by atoms with Crippen LogP contribution in [0.25, 0.3) is 0 Å². The van der Waals surface area contributed by atoms with E-state index in [1.807, 2.05) is 0 Å². The molecule has 0 aromatic rings. The van der Waals surface area contributed by atoms with Crippen LogP contribution >= 0.6 is 15.9 Å². The summed E-state index contributed by atoms with van der Waals surface area (Å²) in [6, 6.07) is 0. The topological polar surface area (TPSA) is 20.3 Å². The van der Waals surface area contributed by atoms with Gasteiger partial charge in [-0.3, -0.25) is 4.79 Å². The average Bonchev–Trinajstić information content (AvgIpc) is 2.29. The fourth-order valence-electron chi connectivity index (χ4n) is 2.10. The fourth-order valence-corrected chi connectivity index (χ4v) is 2.63. The molecule has 0 aliphatic carbocycles. The first-order valence-corrected chi connectivity index (χ1v) is 7.23. The van der Waals surface area contributed by atoms with Crippen LogP contribution in [-0.4, -0.2) is 29.2 Å². The largest absolute Gasteiger partial charge is 0.342 e. The average molecular weight is 276 g/mol. The molecule has 0 N–H and O–H groups in total. The summed E-state index contributed by atoms with van der Waals surface area (Å²) in [6.07, 6.45) is 6.63. The van der Waals surface area contributed by atoms with Crippen molar-refractivity contribution < 1.29 is 4.79 Å². The number of piperidine rings is 1. The van der Waals surface area contributed by atoms with Crippen molar-refractivity contribution in [3.05, 3.63) is 0 Å². The van der Waals surface area contributed by atoms with Crippen LogP contribution in [-0.2, 0) is 4.79 Å². The Kier molecular flexibility index (Phi) is 6.30. The second-order valence-corrected chi connectivity index (χ2v) is 5.11. The normalized spacial score (nSPS) is 21.7. The summed E-state index contributed by atoms with van der Waals surface area (Å²) in [4.78, 5) is 13.9. The minimum Gasteiger partial charge on any atom is -0.342 e. The lowest BCUT2D eigenvalue weighted by Crippen LogP contribution is -2.40. The molecule has 1 fully saturated rings. The quantitative estimate of drug-likeness (QED) is 0.558. The van der Waals surface area contributed by atoms with Crippen LogP contribution in [0.4, 0.5) is 0 Å². The maximum absolute atomic E-state index is 11.8. The standard InChI is InChI=1S/C12H22BrNO/c1-2-3-4-7-12(15)14-8-5-6-11(9-13)10-14/h11H,2-10H2,1H3. The number of rotatable bonds is 5. The van der Waals surface area contributed by atoms with E-state index in [9.17, 15) is 4.79 Å². The van der Waals surface area contributed by atoms with Gasteiger partial charge in [0.25, 0.3) is 0 Å². The number of hydrogen-bond donors (Lipinski definition) is 0. The van der Waals surface area contributed by atoms with E-state index in [1.165, 1.54) is 25.7 Å². The molecule has 0 aromatic carbocycles. The van der Waals surface area contributed by atoms with Crippen LogP contribution in [0, 0.1) is 5.92 Å². The van der Waals surface area contributed by atoms with Gasteiger partial charge in [-0.25, -0.2) is 0 Å². The molecule has 1 saturated heterocycles. The summed E-state index contributed by atoms with van der Waals surface area (Å²) in [7, 11) is 0. The number of amides is 1. The van der Waals surface area contributed by atoms with Gasteiger partial charge < -0.3 is 4.90 Å². The summed E-state index contributed by atoms with van der Waals surface area (Å²) in [6.45, 7) is 4.12. The molecule has 1 unspecified atom stereocenters. The number of hydrogen-bond acceptors (Lipinski definition) is 1. The highest BCUT2D eigenvalue weighted by atomic mass is 79.9. The van der Waals surface area contributed by atoms with E-state index in [1.54, 1.807) is 0 Å². The maximum atomic E-state index is 11.8. The van der Waals surface area contributed by atoms with E-state index in [-0.39, 0.29) is 0 Å². The molecule has 1 amide bonds. The lowest BCUT2D eigenvalue weighted by molar-refractivity contribution is -0.132.